The number of carbonyl (C=O) groups excluding carboxylic acids is 1. The molecule has 4 N–H and O–H groups in total. The second kappa shape index (κ2) is 3.87. The van der Waals surface area contributed by atoms with Crippen LogP contribution in [0.3, 0.4) is 0 Å². The summed E-state index contributed by atoms with van der Waals surface area (Å²) in [6.45, 7) is 3.87. The first-order valence-electron chi connectivity index (χ1n) is 5.19. The normalized spacial score (nSPS) is 23.4. The Morgan fingerprint density at radius 1 is 1.64 bits per heavy atom. The third-order valence-corrected chi connectivity index (χ3v) is 3.09. The first-order chi connectivity index (χ1) is 6.40. The van der Waals surface area contributed by atoms with Crippen LogP contribution in [0.1, 0.15) is 39.5 Å². The smallest absolute Gasteiger partial charge is 0.240 e. The lowest BCUT2D eigenvalue weighted by Gasteiger charge is -2.37. The Labute approximate surface area is 84.9 Å². The molecule has 1 atom stereocenters. The van der Waals surface area contributed by atoms with E-state index in [1.54, 1.807) is 6.92 Å². The van der Waals surface area contributed by atoms with Crippen LogP contribution < -0.4 is 11.1 Å². The van der Waals surface area contributed by atoms with Gasteiger partial charge in [-0.05, 0) is 32.6 Å². The first kappa shape index (κ1) is 11.5. The topological polar surface area (TPSA) is 75.3 Å². The Kier molecular flexibility index (Phi) is 3.17. The van der Waals surface area contributed by atoms with Crippen LogP contribution in [0.25, 0.3) is 0 Å². The Morgan fingerprint density at radius 3 is 2.57 bits per heavy atom. The average molecular weight is 200 g/mol. The summed E-state index contributed by atoms with van der Waals surface area (Å²) in [4.78, 5) is 11.6. The minimum absolute atomic E-state index is 0.127. The van der Waals surface area contributed by atoms with E-state index < -0.39 is 11.1 Å². The van der Waals surface area contributed by atoms with Crippen molar-refractivity contribution in [2.45, 2.75) is 50.7 Å². The fraction of sp³-hybridized carbons (Fsp3) is 0.900. The number of carbonyl (C=O) groups is 1. The van der Waals surface area contributed by atoms with E-state index in [2.05, 4.69) is 5.32 Å². The summed E-state index contributed by atoms with van der Waals surface area (Å²) in [5.41, 5.74) is 4.34. The minimum Gasteiger partial charge on any atom is -0.388 e. The van der Waals surface area contributed by atoms with Gasteiger partial charge in [0.15, 0.2) is 0 Å². The van der Waals surface area contributed by atoms with Gasteiger partial charge in [0.2, 0.25) is 5.91 Å². The Balaban J connectivity index is 2.35. The molecule has 0 aliphatic heterocycles. The average Bonchev–Trinajstić information content (AvgIpc) is 2.10. The molecule has 0 aromatic carbocycles. The second-order valence-corrected chi connectivity index (χ2v) is 4.54. The van der Waals surface area contributed by atoms with Crippen molar-refractivity contribution in [2.24, 2.45) is 5.73 Å². The van der Waals surface area contributed by atoms with Gasteiger partial charge in [-0.3, -0.25) is 4.79 Å². The van der Waals surface area contributed by atoms with Crippen molar-refractivity contribution in [1.82, 2.24) is 5.32 Å². The number of nitrogens with two attached hydrogens (primary N) is 1. The van der Waals surface area contributed by atoms with E-state index in [1.807, 2.05) is 6.92 Å². The van der Waals surface area contributed by atoms with Crippen molar-refractivity contribution in [3.63, 3.8) is 0 Å². The molecular weight excluding hydrogens is 180 g/mol. The van der Waals surface area contributed by atoms with Crippen molar-refractivity contribution < 1.29 is 9.90 Å². The SMILES string of the molecule is CCC(C)(O)CNC(=O)C1(N)CCC1. The van der Waals surface area contributed by atoms with Gasteiger partial charge in [0.1, 0.15) is 0 Å². The van der Waals surface area contributed by atoms with Crippen LogP contribution in [0.2, 0.25) is 0 Å². The van der Waals surface area contributed by atoms with Gasteiger partial charge in [0.25, 0.3) is 0 Å². The maximum Gasteiger partial charge on any atom is 0.240 e. The monoisotopic (exact) mass is 200 g/mol. The number of hydrogen-bond donors (Lipinski definition) is 3. The highest BCUT2D eigenvalue weighted by molar-refractivity contribution is 5.87. The molecule has 4 nitrogen and oxygen atoms in total. The summed E-state index contributed by atoms with van der Waals surface area (Å²) in [6, 6.07) is 0. The maximum atomic E-state index is 11.6. The van der Waals surface area contributed by atoms with Crippen LogP contribution >= 0.6 is 0 Å². The zero-order chi connectivity index (χ0) is 10.8. The predicted molar refractivity (Wildman–Crippen MR) is 54.7 cm³/mol. The number of amides is 1. The van der Waals surface area contributed by atoms with Gasteiger partial charge in [-0.15, -0.1) is 0 Å². The number of nitrogens with one attached hydrogen (secondary N) is 1. The number of rotatable bonds is 4. The van der Waals surface area contributed by atoms with E-state index in [4.69, 9.17) is 5.73 Å². The van der Waals surface area contributed by atoms with Gasteiger partial charge in [-0.1, -0.05) is 6.92 Å². The minimum atomic E-state index is -0.824. The Bertz CT molecular complexity index is 222. The molecule has 0 spiro atoms. The third kappa shape index (κ3) is 2.45. The van der Waals surface area contributed by atoms with Crippen molar-refractivity contribution >= 4 is 5.91 Å². The molecule has 0 radical (unpaired) electrons. The van der Waals surface area contributed by atoms with E-state index in [1.165, 1.54) is 0 Å². The second-order valence-electron chi connectivity index (χ2n) is 4.54. The fourth-order valence-corrected chi connectivity index (χ4v) is 1.36. The lowest BCUT2D eigenvalue weighted by atomic mass is 9.77. The lowest BCUT2D eigenvalue weighted by Crippen LogP contribution is -2.60. The van der Waals surface area contributed by atoms with Gasteiger partial charge >= 0.3 is 0 Å². The van der Waals surface area contributed by atoms with Crippen molar-refractivity contribution in [1.29, 1.82) is 0 Å². The number of aliphatic hydroxyl groups is 1. The largest absolute Gasteiger partial charge is 0.388 e. The highest BCUT2D eigenvalue weighted by Gasteiger charge is 2.40. The summed E-state index contributed by atoms with van der Waals surface area (Å²) in [5.74, 6) is -0.127. The fourth-order valence-electron chi connectivity index (χ4n) is 1.36. The van der Waals surface area contributed by atoms with Crippen LogP contribution in [-0.4, -0.2) is 28.7 Å². The van der Waals surface area contributed by atoms with Gasteiger partial charge in [-0.25, -0.2) is 0 Å². The summed E-state index contributed by atoms with van der Waals surface area (Å²) < 4.78 is 0. The molecule has 1 rings (SSSR count). The highest BCUT2D eigenvalue weighted by Crippen LogP contribution is 2.29. The summed E-state index contributed by atoms with van der Waals surface area (Å²) in [7, 11) is 0. The van der Waals surface area contributed by atoms with Gasteiger partial charge < -0.3 is 16.2 Å². The zero-order valence-corrected chi connectivity index (χ0v) is 8.97. The molecule has 0 saturated heterocycles. The molecule has 0 bridgehead atoms. The van der Waals surface area contributed by atoms with E-state index in [0.717, 1.165) is 19.3 Å². The molecule has 0 aromatic heterocycles. The maximum absolute atomic E-state index is 11.6. The summed E-state index contributed by atoms with van der Waals surface area (Å²) in [5, 5.41) is 12.4. The molecule has 0 heterocycles. The van der Waals surface area contributed by atoms with Crippen LogP contribution in [0.5, 0.6) is 0 Å². The third-order valence-electron chi connectivity index (χ3n) is 3.09. The lowest BCUT2D eigenvalue weighted by molar-refractivity contribution is -0.130. The Morgan fingerprint density at radius 2 is 2.21 bits per heavy atom. The van der Waals surface area contributed by atoms with Gasteiger partial charge in [0.05, 0.1) is 11.1 Å². The highest BCUT2D eigenvalue weighted by atomic mass is 16.3. The van der Waals surface area contributed by atoms with Gasteiger partial charge in [0, 0.05) is 6.54 Å². The standard InChI is InChI=1S/C10H20N2O2/c1-3-9(2,14)7-12-8(13)10(11)5-4-6-10/h14H,3-7,11H2,1-2H3,(H,12,13). The van der Waals surface area contributed by atoms with Crippen LogP contribution in [0, 0.1) is 0 Å². The molecule has 82 valence electrons. The van der Waals surface area contributed by atoms with Crippen molar-refractivity contribution in [3.8, 4) is 0 Å². The molecule has 1 unspecified atom stereocenters. The van der Waals surface area contributed by atoms with E-state index in [0.29, 0.717) is 6.42 Å². The van der Waals surface area contributed by atoms with Crippen molar-refractivity contribution in [2.75, 3.05) is 6.54 Å². The van der Waals surface area contributed by atoms with Crippen LogP contribution in [-0.2, 0) is 4.79 Å². The van der Waals surface area contributed by atoms with E-state index >= 15 is 0 Å². The zero-order valence-electron chi connectivity index (χ0n) is 8.97. The van der Waals surface area contributed by atoms with Gasteiger partial charge in [-0.2, -0.15) is 0 Å². The van der Waals surface area contributed by atoms with E-state index in [9.17, 15) is 9.90 Å². The quantitative estimate of drug-likeness (QED) is 0.604. The molecule has 1 fully saturated rings. The molecule has 0 aromatic rings. The molecule has 1 amide bonds. The molecule has 14 heavy (non-hydrogen) atoms. The summed E-state index contributed by atoms with van der Waals surface area (Å²) >= 11 is 0. The first-order valence-corrected chi connectivity index (χ1v) is 5.19. The molecule has 4 heteroatoms. The van der Waals surface area contributed by atoms with Crippen LogP contribution in [0.4, 0.5) is 0 Å². The predicted octanol–water partition coefficient (Wildman–Crippen LogP) is 0.145. The summed E-state index contributed by atoms with van der Waals surface area (Å²) in [6.07, 6.45) is 3.15. The Hall–Kier alpha value is -0.610. The molecule has 1 aliphatic carbocycles. The molecular formula is C10H20N2O2. The number of hydrogen-bond acceptors (Lipinski definition) is 3. The molecule has 1 aliphatic rings. The van der Waals surface area contributed by atoms with Crippen molar-refractivity contribution in [3.05, 3.63) is 0 Å². The van der Waals surface area contributed by atoms with Crippen LogP contribution in [0.15, 0.2) is 0 Å². The van der Waals surface area contributed by atoms with E-state index in [-0.39, 0.29) is 12.5 Å². The molecule has 1 saturated carbocycles.